The topological polar surface area (TPSA) is 86.2 Å². The van der Waals surface area contributed by atoms with Crippen LogP contribution in [0.3, 0.4) is 0 Å². The van der Waals surface area contributed by atoms with Crippen LogP contribution in [0.5, 0.6) is 22.4 Å². The number of rotatable bonds is 6. The van der Waals surface area contributed by atoms with E-state index in [0.29, 0.717) is 22.4 Å². The molecular weight excluding hydrogens is 364 g/mol. The van der Waals surface area contributed by atoms with Crippen LogP contribution in [0, 0.1) is 6.92 Å². The Morgan fingerprint density at radius 2 is 1.93 bits per heavy atom. The highest BCUT2D eigenvalue weighted by atomic mass is 32.1. The zero-order valence-electron chi connectivity index (χ0n) is 15.5. The molecule has 2 aromatic heterocycles. The van der Waals surface area contributed by atoms with Crippen molar-refractivity contribution in [2.45, 2.75) is 26.7 Å². The summed E-state index contributed by atoms with van der Waals surface area (Å²) in [5.74, 6) is 2.51. The Labute approximate surface area is 161 Å². The molecule has 8 heteroatoms. The van der Waals surface area contributed by atoms with Gasteiger partial charge < -0.3 is 14.8 Å². The first-order valence-corrected chi connectivity index (χ1v) is 9.22. The third-order valence-corrected chi connectivity index (χ3v) is 4.40. The van der Waals surface area contributed by atoms with Gasteiger partial charge in [0.15, 0.2) is 0 Å². The van der Waals surface area contributed by atoms with E-state index in [1.165, 1.54) is 17.7 Å². The first-order chi connectivity index (χ1) is 13.0. The van der Waals surface area contributed by atoms with Crippen LogP contribution >= 0.6 is 11.5 Å². The summed E-state index contributed by atoms with van der Waals surface area (Å²) in [6.45, 7) is 5.97. The number of aromatic nitrogens is 3. The monoisotopic (exact) mass is 384 g/mol. The lowest BCUT2D eigenvalue weighted by Gasteiger charge is -2.12. The van der Waals surface area contributed by atoms with Crippen LogP contribution < -0.4 is 14.8 Å². The van der Waals surface area contributed by atoms with E-state index in [1.807, 2.05) is 39.0 Å². The standard InChI is InChI=1S/C19H20N4O3S/c1-11(2)17-22-19(27-23-17)26-16-7-5-6-15(12(16)3)25-13-8-9-21-14(10-13)18(24)20-4/h5-11H,1-4H3,(H,20,24). The van der Waals surface area contributed by atoms with E-state index in [-0.39, 0.29) is 17.5 Å². The molecule has 0 spiro atoms. The number of benzene rings is 1. The van der Waals surface area contributed by atoms with Gasteiger partial charge in [0.25, 0.3) is 11.1 Å². The Bertz CT molecular complexity index is 956. The minimum atomic E-state index is -0.272. The maximum absolute atomic E-state index is 11.7. The number of carbonyl (C=O) groups excluding carboxylic acids is 1. The molecule has 0 aliphatic rings. The van der Waals surface area contributed by atoms with Gasteiger partial charge in [-0.25, -0.2) is 0 Å². The molecule has 27 heavy (non-hydrogen) atoms. The molecule has 0 unspecified atom stereocenters. The van der Waals surface area contributed by atoms with Crippen LogP contribution in [0.25, 0.3) is 0 Å². The SMILES string of the molecule is CNC(=O)c1cc(Oc2cccc(Oc3nc(C(C)C)ns3)c2C)ccn1. The summed E-state index contributed by atoms with van der Waals surface area (Å²) in [6, 6.07) is 8.80. The highest BCUT2D eigenvalue weighted by Gasteiger charge is 2.13. The molecule has 7 nitrogen and oxygen atoms in total. The molecule has 1 amide bonds. The Hall–Kier alpha value is -3.00. The molecule has 0 aliphatic carbocycles. The minimum absolute atomic E-state index is 0.246. The summed E-state index contributed by atoms with van der Waals surface area (Å²) >= 11 is 1.22. The van der Waals surface area contributed by atoms with Crippen molar-refractivity contribution in [2.24, 2.45) is 0 Å². The third kappa shape index (κ3) is 4.40. The molecule has 3 rings (SSSR count). The summed E-state index contributed by atoms with van der Waals surface area (Å²) in [5.41, 5.74) is 1.10. The predicted octanol–water partition coefficient (Wildman–Crippen LogP) is 4.31. The molecule has 0 bridgehead atoms. The van der Waals surface area contributed by atoms with Crippen molar-refractivity contribution in [1.29, 1.82) is 0 Å². The number of carbonyl (C=O) groups is 1. The van der Waals surface area contributed by atoms with Gasteiger partial charge in [0, 0.05) is 42.3 Å². The minimum Gasteiger partial charge on any atom is -0.457 e. The van der Waals surface area contributed by atoms with E-state index in [0.717, 1.165) is 11.4 Å². The van der Waals surface area contributed by atoms with Gasteiger partial charge in [-0.3, -0.25) is 9.78 Å². The molecule has 1 N–H and O–H groups in total. The van der Waals surface area contributed by atoms with Crippen molar-refractivity contribution < 1.29 is 14.3 Å². The van der Waals surface area contributed by atoms with Gasteiger partial charge in [0.05, 0.1) is 0 Å². The first-order valence-electron chi connectivity index (χ1n) is 8.45. The normalized spacial score (nSPS) is 10.7. The van der Waals surface area contributed by atoms with E-state index in [4.69, 9.17) is 9.47 Å². The van der Waals surface area contributed by atoms with E-state index in [9.17, 15) is 4.79 Å². The summed E-state index contributed by atoms with van der Waals surface area (Å²) in [7, 11) is 1.56. The Morgan fingerprint density at radius 1 is 1.19 bits per heavy atom. The number of amides is 1. The van der Waals surface area contributed by atoms with Gasteiger partial charge >= 0.3 is 0 Å². The number of pyridine rings is 1. The average molecular weight is 384 g/mol. The lowest BCUT2D eigenvalue weighted by molar-refractivity contribution is 0.0958. The summed E-state index contributed by atoms with van der Waals surface area (Å²) in [5, 5.41) is 3.03. The summed E-state index contributed by atoms with van der Waals surface area (Å²) < 4.78 is 16.1. The third-order valence-electron chi connectivity index (χ3n) is 3.79. The quantitative estimate of drug-likeness (QED) is 0.681. The van der Waals surface area contributed by atoms with Crippen molar-refractivity contribution in [3.63, 3.8) is 0 Å². The fourth-order valence-electron chi connectivity index (χ4n) is 2.26. The van der Waals surface area contributed by atoms with Gasteiger partial charge in [-0.2, -0.15) is 9.36 Å². The summed E-state index contributed by atoms with van der Waals surface area (Å²) in [4.78, 5) is 20.2. The molecular formula is C19H20N4O3S. The Kier molecular flexibility index (Phi) is 5.66. The fraction of sp³-hybridized carbons (Fsp3) is 0.263. The maximum atomic E-state index is 11.7. The lowest BCUT2D eigenvalue weighted by Crippen LogP contribution is -2.18. The van der Waals surface area contributed by atoms with Crippen LogP contribution in [0.1, 0.15) is 41.6 Å². The largest absolute Gasteiger partial charge is 0.457 e. The molecule has 140 valence electrons. The van der Waals surface area contributed by atoms with Gasteiger partial charge in [0.1, 0.15) is 28.8 Å². The number of hydrogen-bond acceptors (Lipinski definition) is 7. The van der Waals surface area contributed by atoms with Crippen molar-refractivity contribution in [1.82, 2.24) is 19.7 Å². The van der Waals surface area contributed by atoms with Gasteiger partial charge in [0.2, 0.25) is 0 Å². The molecule has 0 aliphatic heterocycles. The van der Waals surface area contributed by atoms with E-state index < -0.39 is 0 Å². The molecule has 0 radical (unpaired) electrons. The molecule has 0 fully saturated rings. The Morgan fingerprint density at radius 3 is 2.59 bits per heavy atom. The van der Waals surface area contributed by atoms with Gasteiger partial charge in [-0.1, -0.05) is 19.9 Å². The smallest absolute Gasteiger partial charge is 0.298 e. The summed E-state index contributed by atoms with van der Waals surface area (Å²) in [6.07, 6.45) is 1.53. The van der Waals surface area contributed by atoms with Gasteiger partial charge in [-0.15, -0.1) is 0 Å². The van der Waals surface area contributed by atoms with Crippen molar-refractivity contribution in [3.8, 4) is 22.4 Å². The maximum Gasteiger partial charge on any atom is 0.298 e. The highest BCUT2D eigenvalue weighted by Crippen LogP contribution is 2.34. The van der Waals surface area contributed by atoms with Crippen molar-refractivity contribution >= 4 is 17.4 Å². The fourth-order valence-corrected chi connectivity index (χ4v) is 2.94. The molecule has 2 heterocycles. The predicted molar refractivity (Wildman–Crippen MR) is 103 cm³/mol. The number of nitrogens with one attached hydrogen (secondary N) is 1. The van der Waals surface area contributed by atoms with Crippen LogP contribution in [0.2, 0.25) is 0 Å². The first kappa shape index (κ1) is 18.8. The number of hydrogen-bond donors (Lipinski definition) is 1. The zero-order chi connectivity index (χ0) is 19.4. The lowest BCUT2D eigenvalue weighted by atomic mass is 10.2. The number of nitrogens with zero attached hydrogens (tertiary/aromatic N) is 3. The van der Waals surface area contributed by atoms with Gasteiger partial charge in [-0.05, 0) is 25.1 Å². The zero-order valence-corrected chi connectivity index (χ0v) is 16.3. The van der Waals surface area contributed by atoms with Crippen LogP contribution in [0.15, 0.2) is 36.5 Å². The van der Waals surface area contributed by atoms with E-state index in [1.54, 1.807) is 19.2 Å². The second-order valence-corrected chi connectivity index (χ2v) is 6.83. The van der Waals surface area contributed by atoms with Crippen molar-refractivity contribution in [3.05, 3.63) is 53.6 Å². The number of ether oxygens (including phenoxy) is 2. The van der Waals surface area contributed by atoms with E-state index in [2.05, 4.69) is 19.7 Å². The van der Waals surface area contributed by atoms with Crippen molar-refractivity contribution in [2.75, 3.05) is 7.05 Å². The molecule has 0 saturated heterocycles. The van der Waals surface area contributed by atoms with Crippen LogP contribution in [-0.2, 0) is 0 Å². The Balaban J connectivity index is 1.81. The second-order valence-electron chi connectivity index (χ2n) is 6.11. The van der Waals surface area contributed by atoms with Crippen LogP contribution in [-0.4, -0.2) is 27.3 Å². The molecule has 3 aromatic rings. The second kappa shape index (κ2) is 8.13. The molecule has 0 atom stereocenters. The molecule has 0 saturated carbocycles. The van der Waals surface area contributed by atoms with E-state index >= 15 is 0 Å². The average Bonchev–Trinajstić information content (AvgIpc) is 3.13. The molecule has 1 aromatic carbocycles. The van der Waals surface area contributed by atoms with Crippen LogP contribution in [0.4, 0.5) is 0 Å². The highest BCUT2D eigenvalue weighted by molar-refractivity contribution is 7.07.